The van der Waals surface area contributed by atoms with Crippen LogP contribution in [0.1, 0.15) is 64.7 Å². The van der Waals surface area contributed by atoms with E-state index in [1.165, 1.54) is 51.4 Å². The van der Waals surface area contributed by atoms with E-state index in [2.05, 4.69) is 11.9 Å². The fourth-order valence-corrected chi connectivity index (χ4v) is 3.84. The highest BCUT2D eigenvalue weighted by Gasteiger charge is 2.39. The third kappa shape index (κ3) is 3.09. The van der Waals surface area contributed by atoms with Crippen LogP contribution in [0.3, 0.4) is 0 Å². The summed E-state index contributed by atoms with van der Waals surface area (Å²) in [6, 6.07) is 0.896. The third-order valence-electron chi connectivity index (χ3n) is 4.88. The smallest absolute Gasteiger partial charge is 0.146 e. The Balaban J connectivity index is 2.01. The summed E-state index contributed by atoms with van der Waals surface area (Å²) in [5, 5.41) is 0. The van der Waals surface area contributed by atoms with Gasteiger partial charge in [-0.2, -0.15) is 0 Å². The molecule has 0 amide bonds. The van der Waals surface area contributed by atoms with E-state index in [9.17, 15) is 4.79 Å². The van der Waals surface area contributed by atoms with E-state index in [4.69, 9.17) is 0 Å². The number of hydrogen-bond donors (Lipinski definition) is 0. The highest BCUT2D eigenvalue weighted by molar-refractivity contribution is 5.81. The van der Waals surface area contributed by atoms with Gasteiger partial charge < -0.3 is 0 Å². The molecule has 1 saturated heterocycles. The highest BCUT2D eigenvalue weighted by atomic mass is 16.1. The molecule has 0 aromatic heterocycles. The Hall–Kier alpha value is -0.370. The number of hydrogen-bond acceptors (Lipinski definition) is 2. The average molecular weight is 237 g/mol. The molecule has 3 unspecified atom stereocenters. The van der Waals surface area contributed by atoms with Crippen molar-refractivity contribution in [2.24, 2.45) is 5.92 Å². The summed E-state index contributed by atoms with van der Waals surface area (Å²) in [6.07, 6.45) is 12.1. The third-order valence-corrected chi connectivity index (χ3v) is 4.88. The normalized spacial score (nSPS) is 36.5. The van der Waals surface area contributed by atoms with E-state index in [0.717, 1.165) is 12.3 Å². The molecule has 17 heavy (non-hydrogen) atoms. The zero-order valence-electron chi connectivity index (χ0n) is 11.5. The molecule has 1 heterocycles. The first-order chi connectivity index (χ1) is 8.20. The van der Waals surface area contributed by atoms with E-state index in [-0.39, 0.29) is 6.04 Å². The van der Waals surface area contributed by atoms with Crippen LogP contribution in [0.4, 0.5) is 0 Å². The lowest BCUT2D eigenvalue weighted by atomic mass is 9.88. The van der Waals surface area contributed by atoms with E-state index in [0.29, 0.717) is 11.8 Å². The zero-order valence-corrected chi connectivity index (χ0v) is 11.5. The van der Waals surface area contributed by atoms with Crippen LogP contribution in [0.2, 0.25) is 0 Å². The average Bonchev–Trinajstić information content (AvgIpc) is 2.62. The summed E-state index contributed by atoms with van der Waals surface area (Å²) in [4.78, 5) is 14.0. The van der Waals surface area contributed by atoms with E-state index in [1.807, 2.05) is 0 Å². The van der Waals surface area contributed by atoms with Crippen LogP contribution in [-0.2, 0) is 4.79 Å². The molecular weight excluding hydrogens is 210 g/mol. The van der Waals surface area contributed by atoms with Crippen molar-refractivity contribution in [1.82, 2.24) is 4.90 Å². The molecule has 0 radical (unpaired) electrons. The Kier molecular flexibility index (Phi) is 4.61. The van der Waals surface area contributed by atoms with Gasteiger partial charge in [0.15, 0.2) is 0 Å². The summed E-state index contributed by atoms with van der Waals surface area (Å²) in [5.41, 5.74) is 0. The Morgan fingerprint density at radius 3 is 2.24 bits per heavy atom. The molecule has 2 rings (SSSR count). The molecule has 2 fully saturated rings. The van der Waals surface area contributed by atoms with Crippen molar-refractivity contribution < 1.29 is 4.79 Å². The molecule has 1 aliphatic heterocycles. The number of Topliss-reactive ketones (excluding diaryl/α,β-unsaturated/α-hetero) is 1. The van der Waals surface area contributed by atoms with E-state index >= 15 is 0 Å². The summed E-state index contributed by atoms with van der Waals surface area (Å²) >= 11 is 0. The molecule has 0 aromatic carbocycles. The predicted molar refractivity (Wildman–Crippen MR) is 71.1 cm³/mol. The number of likely N-dealkylation sites (N-methyl/N-ethyl adjacent to an activating group) is 1. The molecular formula is C15H27NO. The van der Waals surface area contributed by atoms with Crippen LogP contribution in [0, 0.1) is 5.92 Å². The lowest BCUT2D eigenvalue weighted by Gasteiger charge is -2.27. The molecule has 2 heteroatoms. The highest BCUT2D eigenvalue weighted by Crippen LogP contribution is 2.36. The number of nitrogens with zero attached hydrogens (tertiary/aromatic N) is 1. The van der Waals surface area contributed by atoms with Gasteiger partial charge in [0.05, 0.1) is 6.04 Å². The maximum atomic E-state index is 11.7. The molecule has 0 aromatic rings. The minimum absolute atomic E-state index is 0.214. The number of rotatable bonds is 1. The maximum Gasteiger partial charge on any atom is 0.146 e. The molecule has 0 spiro atoms. The van der Waals surface area contributed by atoms with Gasteiger partial charge in [0, 0.05) is 6.04 Å². The summed E-state index contributed by atoms with van der Waals surface area (Å²) in [7, 11) is 2.17. The number of ketones is 1. The largest absolute Gasteiger partial charge is 0.298 e. The lowest BCUT2D eigenvalue weighted by molar-refractivity contribution is -0.121. The topological polar surface area (TPSA) is 20.3 Å². The van der Waals surface area contributed by atoms with Crippen molar-refractivity contribution in [2.75, 3.05) is 7.05 Å². The van der Waals surface area contributed by atoms with Crippen molar-refractivity contribution in [1.29, 1.82) is 0 Å². The van der Waals surface area contributed by atoms with Gasteiger partial charge in [0.2, 0.25) is 0 Å². The predicted octanol–water partition coefficient (Wildman–Crippen LogP) is 3.40. The first-order valence-electron chi connectivity index (χ1n) is 7.42. The second-order valence-corrected chi connectivity index (χ2v) is 6.05. The SMILES string of the molecule is CC(=O)C1CC2CCCCCCCCC2N1C. The quantitative estimate of drug-likeness (QED) is 0.696. The zero-order chi connectivity index (χ0) is 12.3. The van der Waals surface area contributed by atoms with Crippen molar-refractivity contribution in [3.8, 4) is 0 Å². The second-order valence-electron chi connectivity index (χ2n) is 6.05. The molecule has 1 aliphatic carbocycles. The van der Waals surface area contributed by atoms with Crippen LogP contribution in [0.15, 0.2) is 0 Å². The number of fused-ring (bicyclic) bond motifs is 1. The van der Waals surface area contributed by atoms with E-state index < -0.39 is 0 Å². The monoisotopic (exact) mass is 237 g/mol. The minimum atomic E-state index is 0.214. The fourth-order valence-electron chi connectivity index (χ4n) is 3.84. The molecule has 0 bridgehead atoms. The van der Waals surface area contributed by atoms with Gasteiger partial charge in [-0.1, -0.05) is 38.5 Å². The summed E-state index contributed by atoms with van der Waals surface area (Å²) < 4.78 is 0. The maximum absolute atomic E-state index is 11.7. The van der Waals surface area contributed by atoms with Crippen molar-refractivity contribution in [3.63, 3.8) is 0 Å². The first kappa shape index (κ1) is 13.1. The molecule has 3 atom stereocenters. The second kappa shape index (κ2) is 5.99. The summed E-state index contributed by atoms with van der Waals surface area (Å²) in [5.74, 6) is 1.15. The van der Waals surface area contributed by atoms with Gasteiger partial charge in [0.25, 0.3) is 0 Å². The van der Waals surface area contributed by atoms with Crippen molar-refractivity contribution in [2.45, 2.75) is 76.8 Å². The van der Waals surface area contributed by atoms with Crippen molar-refractivity contribution >= 4 is 5.78 Å². The van der Waals surface area contributed by atoms with Gasteiger partial charge in [-0.05, 0) is 39.2 Å². The standard InChI is InChI=1S/C15H27NO/c1-12(17)15-11-13-9-7-5-3-4-6-8-10-14(13)16(15)2/h13-15H,3-11H2,1-2H3. The Labute approximate surface area is 106 Å². The van der Waals surface area contributed by atoms with Gasteiger partial charge in [-0.25, -0.2) is 0 Å². The van der Waals surface area contributed by atoms with Gasteiger partial charge in [-0.3, -0.25) is 9.69 Å². The molecule has 98 valence electrons. The minimum Gasteiger partial charge on any atom is -0.298 e. The number of carbonyl (C=O) groups is 1. The first-order valence-corrected chi connectivity index (χ1v) is 7.42. The van der Waals surface area contributed by atoms with Crippen molar-refractivity contribution in [3.05, 3.63) is 0 Å². The van der Waals surface area contributed by atoms with Crippen LogP contribution in [-0.4, -0.2) is 29.8 Å². The molecule has 1 saturated carbocycles. The van der Waals surface area contributed by atoms with Crippen LogP contribution >= 0.6 is 0 Å². The number of likely N-dealkylation sites (tertiary alicyclic amines) is 1. The molecule has 2 nitrogen and oxygen atoms in total. The van der Waals surface area contributed by atoms with Gasteiger partial charge >= 0.3 is 0 Å². The van der Waals surface area contributed by atoms with E-state index in [1.54, 1.807) is 6.92 Å². The summed E-state index contributed by atoms with van der Waals surface area (Å²) in [6.45, 7) is 1.76. The van der Waals surface area contributed by atoms with Crippen LogP contribution < -0.4 is 0 Å². The Morgan fingerprint density at radius 1 is 1.00 bits per heavy atom. The molecule has 2 aliphatic rings. The van der Waals surface area contributed by atoms with Gasteiger partial charge in [0.1, 0.15) is 5.78 Å². The molecule has 0 N–H and O–H groups in total. The Morgan fingerprint density at radius 2 is 1.59 bits per heavy atom. The Bertz CT molecular complexity index is 264. The van der Waals surface area contributed by atoms with Gasteiger partial charge in [-0.15, -0.1) is 0 Å². The van der Waals surface area contributed by atoms with Crippen LogP contribution in [0.5, 0.6) is 0 Å². The fraction of sp³-hybridized carbons (Fsp3) is 0.933. The van der Waals surface area contributed by atoms with Crippen LogP contribution in [0.25, 0.3) is 0 Å². The lowest BCUT2D eigenvalue weighted by Crippen LogP contribution is -2.37. The number of carbonyl (C=O) groups excluding carboxylic acids is 1.